The van der Waals surface area contributed by atoms with Gasteiger partial charge in [-0.1, -0.05) is 21.6 Å². The summed E-state index contributed by atoms with van der Waals surface area (Å²) in [5, 5.41) is 5.04. The number of hydrogen-bond acceptors (Lipinski definition) is 8. The number of carbonyl (C=O) groups is 4. The smallest absolute Gasteiger partial charge is 0.329 e. The van der Waals surface area contributed by atoms with Gasteiger partial charge in [-0.2, -0.15) is 0 Å². The summed E-state index contributed by atoms with van der Waals surface area (Å²) in [6, 6.07) is -1.52. The molecule has 0 unspecified atom stereocenters. The highest BCUT2D eigenvalue weighted by Crippen LogP contribution is 2.23. The fourth-order valence-corrected chi connectivity index (χ4v) is 3.84. The van der Waals surface area contributed by atoms with Crippen molar-refractivity contribution in [2.24, 2.45) is 0 Å². The van der Waals surface area contributed by atoms with Gasteiger partial charge in [0.05, 0.1) is 13.2 Å². The van der Waals surface area contributed by atoms with Crippen molar-refractivity contribution >= 4 is 45.3 Å². The van der Waals surface area contributed by atoms with Crippen molar-refractivity contribution in [2.45, 2.75) is 39.8 Å². The van der Waals surface area contributed by atoms with Gasteiger partial charge in [-0.3, -0.25) is 9.59 Å². The second kappa shape index (κ2) is 12.9. The minimum absolute atomic E-state index is 0.222. The molecule has 0 rings (SSSR count). The molecule has 0 saturated carbocycles. The third kappa shape index (κ3) is 10.4. The number of rotatable bonds is 11. The zero-order chi connectivity index (χ0) is 18.5. The zero-order valence-electron chi connectivity index (χ0n) is 14.2. The normalized spacial score (nSPS) is 12.7. The van der Waals surface area contributed by atoms with Gasteiger partial charge >= 0.3 is 11.9 Å². The largest absolute Gasteiger partial charge is 0.464 e. The van der Waals surface area contributed by atoms with Gasteiger partial charge in [-0.15, -0.1) is 0 Å². The van der Waals surface area contributed by atoms with Crippen LogP contribution in [0.1, 0.15) is 27.7 Å². The molecule has 24 heavy (non-hydrogen) atoms. The van der Waals surface area contributed by atoms with Crippen LogP contribution in [-0.2, 0) is 28.7 Å². The molecule has 0 spiro atoms. The molecule has 0 aliphatic rings. The average Bonchev–Trinajstić information content (AvgIpc) is 2.48. The SMILES string of the molecule is CCOC(=O)[C@H](CSSC[C@H](NC(C)=O)C(=O)OCC)NC(C)=O. The van der Waals surface area contributed by atoms with Gasteiger partial charge in [0.1, 0.15) is 12.1 Å². The van der Waals surface area contributed by atoms with Crippen LogP contribution in [0.3, 0.4) is 0 Å². The van der Waals surface area contributed by atoms with Crippen LogP contribution < -0.4 is 10.6 Å². The van der Waals surface area contributed by atoms with E-state index >= 15 is 0 Å². The van der Waals surface area contributed by atoms with E-state index in [1.54, 1.807) is 13.8 Å². The molecule has 8 nitrogen and oxygen atoms in total. The van der Waals surface area contributed by atoms with E-state index < -0.39 is 24.0 Å². The molecule has 0 aromatic rings. The van der Waals surface area contributed by atoms with Gasteiger partial charge in [0.15, 0.2) is 0 Å². The van der Waals surface area contributed by atoms with Crippen molar-refractivity contribution in [2.75, 3.05) is 24.7 Å². The Morgan fingerprint density at radius 1 is 0.792 bits per heavy atom. The predicted molar refractivity (Wildman–Crippen MR) is 93.4 cm³/mol. The number of hydrogen-bond donors (Lipinski definition) is 2. The summed E-state index contributed by atoms with van der Waals surface area (Å²) in [6.07, 6.45) is 0. The van der Waals surface area contributed by atoms with Gasteiger partial charge < -0.3 is 20.1 Å². The fourth-order valence-electron chi connectivity index (χ4n) is 1.55. The van der Waals surface area contributed by atoms with Gasteiger partial charge in [-0.05, 0) is 13.8 Å². The average molecular weight is 380 g/mol. The quantitative estimate of drug-likeness (QED) is 0.303. The standard InChI is InChI=1S/C14H24N2O6S2/c1-5-21-13(19)11(15-9(3)17)7-23-24-8-12(16-10(4)18)14(20)22-6-2/h11-12H,5-8H2,1-4H3,(H,15,17)(H,16,18)/t11-,12-/m0/s1. The molecule has 2 N–H and O–H groups in total. The molecule has 0 aromatic heterocycles. The third-order valence-electron chi connectivity index (χ3n) is 2.45. The van der Waals surface area contributed by atoms with E-state index in [1.165, 1.54) is 35.4 Å². The molecule has 138 valence electrons. The van der Waals surface area contributed by atoms with Gasteiger partial charge in [0.2, 0.25) is 11.8 Å². The van der Waals surface area contributed by atoms with Crippen molar-refractivity contribution in [3.63, 3.8) is 0 Å². The maximum Gasteiger partial charge on any atom is 0.329 e. The molecule has 0 fully saturated rings. The summed E-state index contributed by atoms with van der Waals surface area (Å²) >= 11 is 0. The topological polar surface area (TPSA) is 111 Å². The van der Waals surface area contributed by atoms with Crippen LogP contribution in [0.15, 0.2) is 0 Å². The summed E-state index contributed by atoms with van der Waals surface area (Å²) in [5.41, 5.74) is 0. The Hall–Kier alpha value is -1.42. The van der Waals surface area contributed by atoms with Gasteiger partial charge in [0, 0.05) is 25.4 Å². The fraction of sp³-hybridized carbons (Fsp3) is 0.714. The first-order valence-corrected chi connectivity index (χ1v) is 9.92. The Kier molecular flexibility index (Phi) is 12.2. The van der Waals surface area contributed by atoms with E-state index in [9.17, 15) is 19.2 Å². The van der Waals surface area contributed by atoms with Gasteiger partial charge in [0.25, 0.3) is 0 Å². The Bertz CT molecular complexity index is 407. The number of ether oxygens (including phenoxy) is 2. The summed E-state index contributed by atoms with van der Waals surface area (Å²) in [4.78, 5) is 45.8. The molecule has 0 bridgehead atoms. The van der Waals surface area contributed by atoms with Crippen LogP contribution >= 0.6 is 21.6 Å². The Labute approximate surface area is 149 Å². The number of nitrogens with one attached hydrogen (secondary N) is 2. The monoisotopic (exact) mass is 380 g/mol. The maximum absolute atomic E-state index is 11.8. The first-order chi connectivity index (χ1) is 11.3. The minimum atomic E-state index is -0.762. The molecule has 10 heteroatoms. The number of amides is 2. The van der Waals surface area contributed by atoms with E-state index in [2.05, 4.69) is 10.6 Å². The van der Waals surface area contributed by atoms with E-state index in [4.69, 9.17) is 9.47 Å². The highest BCUT2D eigenvalue weighted by atomic mass is 33.1. The lowest BCUT2D eigenvalue weighted by atomic mass is 10.3. The Morgan fingerprint density at radius 3 is 1.38 bits per heavy atom. The third-order valence-corrected chi connectivity index (χ3v) is 4.87. The van der Waals surface area contributed by atoms with Crippen LogP contribution in [0, 0.1) is 0 Å². The molecule has 0 aliphatic heterocycles. The zero-order valence-corrected chi connectivity index (χ0v) is 15.9. The second-order valence-corrected chi connectivity index (χ2v) is 7.13. The van der Waals surface area contributed by atoms with E-state index in [0.29, 0.717) is 0 Å². The van der Waals surface area contributed by atoms with E-state index in [-0.39, 0.29) is 36.5 Å². The van der Waals surface area contributed by atoms with E-state index in [0.717, 1.165) is 0 Å². The maximum atomic E-state index is 11.8. The van der Waals surface area contributed by atoms with Crippen LogP contribution in [0.4, 0.5) is 0 Å². The molecule has 0 radical (unpaired) electrons. The number of esters is 2. The van der Waals surface area contributed by atoms with Crippen molar-refractivity contribution < 1.29 is 28.7 Å². The molecule has 0 heterocycles. The molecule has 2 amide bonds. The lowest BCUT2D eigenvalue weighted by Gasteiger charge is -2.17. The molecule has 0 saturated heterocycles. The molecular formula is C14H24N2O6S2. The van der Waals surface area contributed by atoms with E-state index in [1.807, 2.05) is 0 Å². The predicted octanol–water partition coefficient (Wildman–Crippen LogP) is 0.503. The summed E-state index contributed by atoms with van der Waals surface area (Å²) in [7, 11) is 2.58. The Morgan fingerprint density at radius 2 is 1.12 bits per heavy atom. The molecule has 0 aromatic carbocycles. The van der Waals surface area contributed by atoms with Crippen LogP contribution in [0.25, 0.3) is 0 Å². The van der Waals surface area contributed by atoms with Crippen molar-refractivity contribution in [3.8, 4) is 0 Å². The summed E-state index contributed by atoms with van der Waals surface area (Å²) in [5.74, 6) is -1.13. The van der Waals surface area contributed by atoms with Crippen molar-refractivity contribution in [3.05, 3.63) is 0 Å². The lowest BCUT2D eigenvalue weighted by molar-refractivity contribution is -0.147. The molecular weight excluding hydrogens is 356 g/mol. The van der Waals surface area contributed by atoms with Crippen LogP contribution in [-0.4, -0.2) is 60.6 Å². The highest BCUT2D eigenvalue weighted by Gasteiger charge is 2.23. The lowest BCUT2D eigenvalue weighted by Crippen LogP contribution is -2.43. The molecule has 2 atom stereocenters. The second-order valence-electron chi connectivity index (χ2n) is 4.58. The summed E-state index contributed by atoms with van der Waals surface area (Å²) < 4.78 is 9.80. The summed E-state index contributed by atoms with van der Waals surface area (Å²) in [6.45, 7) is 6.44. The van der Waals surface area contributed by atoms with Crippen LogP contribution in [0.5, 0.6) is 0 Å². The highest BCUT2D eigenvalue weighted by molar-refractivity contribution is 8.76. The Balaban J connectivity index is 4.44. The van der Waals surface area contributed by atoms with Crippen LogP contribution in [0.2, 0.25) is 0 Å². The van der Waals surface area contributed by atoms with Crippen molar-refractivity contribution in [1.82, 2.24) is 10.6 Å². The first-order valence-electron chi connectivity index (χ1n) is 7.43. The number of carbonyl (C=O) groups excluding carboxylic acids is 4. The minimum Gasteiger partial charge on any atom is -0.464 e. The molecule has 0 aliphatic carbocycles. The first kappa shape index (κ1) is 22.6. The van der Waals surface area contributed by atoms with Crippen molar-refractivity contribution in [1.29, 1.82) is 0 Å². The van der Waals surface area contributed by atoms with Gasteiger partial charge in [-0.25, -0.2) is 9.59 Å².